The van der Waals surface area contributed by atoms with Gasteiger partial charge in [0.15, 0.2) is 5.82 Å². The van der Waals surface area contributed by atoms with Gasteiger partial charge in [0.1, 0.15) is 5.82 Å². The fourth-order valence-electron chi connectivity index (χ4n) is 2.23. The van der Waals surface area contributed by atoms with E-state index in [0.29, 0.717) is 37.0 Å². The third-order valence-corrected chi connectivity index (χ3v) is 3.64. The summed E-state index contributed by atoms with van der Waals surface area (Å²) in [6.45, 7) is 3.72. The van der Waals surface area contributed by atoms with Crippen LogP contribution in [0.3, 0.4) is 0 Å². The molecule has 112 valence electrons. The molecule has 0 N–H and O–H groups in total. The Bertz CT molecular complexity index is 614. The molecule has 0 atom stereocenters. The highest BCUT2D eigenvalue weighted by molar-refractivity contribution is 6.30. The van der Waals surface area contributed by atoms with Gasteiger partial charge < -0.3 is 9.26 Å². The molecule has 1 fully saturated rings. The highest BCUT2D eigenvalue weighted by Gasteiger charge is 2.16. The van der Waals surface area contributed by atoms with Gasteiger partial charge in [-0.25, -0.2) is 4.39 Å². The number of hydrogen-bond acceptors (Lipinski definition) is 5. The minimum atomic E-state index is -0.432. The van der Waals surface area contributed by atoms with Crippen molar-refractivity contribution in [3.8, 4) is 0 Å². The summed E-state index contributed by atoms with van der Waals surface area (Å²) in [4.78, 5) is 6.48. The lowest BCUT2D eigenvalue weighted by Gasteiger charge is -2.24. The molecule has 2 aromatic rings. The van der Waals surface area contributed by atoms with E-state index in [0.717, 1.165) is 13.1 Å². The molecule has 1 aliphatic heterocycles. The summed E-state index contributed by atoms with van der Waals surface area (Å²) in [7, 11) is 0. The van der Waals surface area contributed by atoms with Gasteiger partial charge in [-0.15, -0.1) is 0 Å². The van der Waals surface area contributed by atoms with Crippen molar-refractivity contribution in [1.29, 1.82) is 0 Å². The SMILES string of the molecule is Fc1c(Cl)cccc1Cc1noc(CN2CCOCC2)n1. The maximum atomic E-state index is 13.8. The van der Waals surface area contributed by atoms with Gasteiger partial charge >= 0.3 is 0 Å². The third kappa shape index (κ3) is 3.58. The van der Waals surface area contributed by atoms with Crippen LogP contribution >= 0.6 is 11.6 Å². The topological polar surface area (TPSA) is 51.4 Å². The molecular weight excluding hydrogens is 297 g/mol. The number of rotatable bonds is 4. The third-order valence-electron chi connectivity index (χ3n) is 3.35. The molecule has 1 saturated heterocycles. The molecule has 0 unspecified atom stereocenters. The molecule has 0 radical (unpaired) electrons. The van der Waals surface area contributed by atoms with Crippen LogP contribution in [0.4, 0.5) is 4.39 Å². The number of hydrogen-bond donors (Lipinski definition) is 0. The van der Waals surface area contributed by atoms with Gasteiger partial charge in [0.25, 0.3) is 0 Å². The second-order valence-corrected chi connectivity index (χ2v) is 5.29. The van der Waals surface area contributed by atoms with E-state index >= 15 is 0 Å². The zero-order valence-electron chi connectivity index (χ0n) is 11.4. The van der Waals surface area contributed by atoms with Gasteiger partial charge in [0, 0.05) is 19.5 Å². The van der Waals surface area contributed by atoms with E-state index in [1.54, 1.807) is 12.1 Å². The van der Waals surface area contributed by atoms with Crippen molar-refractivity contribution in [3.05, 3.63) is 46.3 Å². The largest absolute Gasteiger partial charge is 0.379 e. The number of benzene rings is 1. The number of aromatic nitrogens is 2. The second kappa shape index (κ2) is 6.51. The molecule has 5 nitrogen and oxygen atoms in total. The molecule has 1 aromatic carbocycles. The average molecular weight is 312 g/mol. The van der Waals surface area contributed by atoms with Crippen molar-refractivity contribution >= 4 is 11.6 Å². The van der Waals surface area contributed by atoms with Crippen LogP contribution in [0.25, 0.3) is 0 Å². The van der Waals surface area contributed by atoms with E-state index in [2.05, 4.69) is 15.0 Å². The summed E-state index contributed by atoms with van der Waals surface area (Å²) < 4.78 is 24.3. The normalized spacial score (nSPS) is 16.3. The molecule has 7 heteroatoms. The van der Waals surface area contributed by atoms with Crippen molar-refractivity contribution in [2.45, 2.75) is 13.0 Å². The molecule has 0 amide bonds. The van der Waals surface area contributed by atoms with Crippen LogP contribution in [0.5, 0.6) is 0 Å². The van der Waals surface area contributed by atoms with Gasteiger partial charge in [0.05, 0.1) is 24.8 Å². The maximum absolute atomic E-state index is 13.8. The highest BCUT2D eigenvalue weighted by Crippen LogP contribution is 2.19. The van der Waals surface area contributed by atoms with Crippen LogP contribution in [0.15, 0.2) is 22.7 Å². The first-order valence-corrected chi connectivity index (χ1v) is 7.14. The van der Waals surface area contributed by atoms with Crippen molar-refractivity contribution in [3.63, 3.8) is 0 Å². The fraction of sp³-hybridized carbons (Fsp3) is 0.429. The zero-order valence-corrected chi connectivity index (χ0v) is 12.1. The first-order chi connectivity index (χ1) is 10.2. The average Bonchev–Trinajstić information content (AvgIpc) is 2.92. The quantitative estimate of drug-likeness (QED) is 0.867. The molecular formula is C14H15ClFN3O2. The van der Waals surface area contributed by atoms with Crippen molar-refractivity contribution in [2.24, 2.45) is 0 Å². The number of halogens is 2. The van der Waals surface area contributed by atoms with Crippen molar-refractivity contribution in [1.82, 2.24) is 15.0 Å². The zero-order chi connectivity index (χ0) is 14.7. The second-order valence-electron chi connectivity index (χ2n) is 4.88. The van der Waals surface area contributed by atoms with Crippen LogP contribution < -0.4 is 0 Å². The van der Waals surface area contributed by atoms with E-state index in [4.69, 9.17) is 20.9 Å². The molecule has 2 heterocycles. The summed E-state index contributed by atoms with van der Waals surface area (Å²) in [5, 5.41) is 4.00. The monoisotopic (exact) mass is 311 g/mol. The standard InChI is InChI=1S/C14H15ClFN3O2/c15-11-3-1-2-10(14(11)16)8-12-17-13(21-18-12)9-19-4-6-20-7-5-19/h1-3H,4-9H2. The van der Waals surface area contributed by atoms with Crippen molar-refractivity contribution in [2.75, 3.05) is 26.3 Å². The predicted octanol–water partition coefficient (Wildman–Crippen LogP) is 2.29. The Morgan fingerprint density at radius 3 is 2.90 bits per heavy atom. The van der Waals surface area contributed by atoms with E-state index in [1.165, 1.54) is 6.07 Å². The van der Waals surface area contributed by atoms with Crippen LogP contribution in [0.2, 0.25) is 5.02 Å². The maximum Gasteiger partial charge on any atom is 0.240 e. The van der Waals surface area contributed by atoms with Gasteiger partial charge in [-0.1, -0.05) is 28.9 Å². The Labute approximate surface area is 126 Å². The van der Waals surface area contributed by atoms with Gasteiger partial charge in [0.2, 0.25) is 5.89 Å². The first-order valence-electron chi connectivity index (χ1n) is 6.77. The summed E-state index contributed by atoms with van der Waals surface area (Å²) in [5.74, 6) is 0.562. The molecule has 21 heavy (non-hydrogen) atoms. The fourth-order valence-corrected chi connectivity index (χ4v) is 2.43. The number of nitrogens with zero attached hydrogens (tertiary/aromatic N) is 3. The Kier molecular flexibility index (Phi) is 4.48. The van der Waals surface area contributed by atoms with E-state index < -0.39 is 5.82 Å². The summed E-state index contributed by atoms with van der Waals surface area (Å²) in [6.07, 6.45) is 0.263. The summed E-state index contributed by atoms with van der Waals surface area (Å²) >= 11 is 5.76. The van der Waals surface area contributed by atoms with Crippen molar-refractivity contribution < 1.29 is 13.7 Å². The van der Waals surface area contributed by atoms with Gasteiger partial charge in [-0.2, -0.15) is 4.98 Å². The van der Waals surface area contributed by atoms with Crippen LogP contribution in [0.1, 0.15) is 17.3 Å². The number of morpholine rings is 1. The lowest BCUT2D eigenvalue weighted by molar-refractivity contribution is 0.0297. The highest BCUT2D eigenvalue weighted by atomic mass is 35.5. The summed E-state index contributed by atoms with van der Waals surface area (Å²) in [5.41, 5.74) is 0.459. The number of ether oxygens (including phenoxy) is 1. The molecule has 3 rings (SSSR count). The van der Waals surface area contributed by atoms with Crippen LogP contribution in [-0.2, 0) is 17.7 Å². The summed E-state index contributed by atoms with van der Waals surface area (Å²) in [6, 6.07) is 4.88. The Hall–Kier alpha value is -1.50. The molecule has 1 aromatic heterocycles. The smallest absolute Gasteiger partial charge is 0.240 e. The first kappa shape index (κ1) is 14.4. The Balaban J connectivity index is 1.66. The minimum absolute atomic E-state index is 0.101. The van der Waals surface area contributed by atoms with Crippen LogP contribution in [-0.4, -0.2) is 41.3 Å². The minimum Gasteiger partial charge on any atom is -0.379 e. The van der Waals surface area contributed by atoms with E-state index in [-0.39, 0.29) is 11.4 Å². The molecule has 0 saturated carbocycles. The molecule has 1 aliphatic rings. The van der Waals surface area contributed by atoms with E-state index in [9.17, 15) is 4.39 Å². The van der Waals surface area contributed by atoms with Gasteiger partial charge in [-0.3, -0.25) is 4.90 Å². The molecule has 0 spiro atoms. The van der Waals surface area contributed by atoms with Crippen LogP contribution in [0, 0.1) is 5.82 Å². The van der Waals surface area contributed by atoms with E-state index in [1.807, 2.05) is 0 Å². The lowest BCUT2D eigenvalue weighted by Crippen LogP contribution is -2.35. The van der Waals surface area contributed by atoms with Gasteiger partial charge in [-0.05, 0) is 11.6 Å². The molecule has 0 bridgehead atoms. The Morgan fingerprint density at radius 2 is 2.10 bits per heavy atom. The molecule has 0 aliphatic carbocycles. The predicted molar refractivity (Wildman–Crippen MR) is 74.6 cm³/mol. The Morgan fingerprint density at radius 1 is 1.29 bits per heavy atom. The lowest BCUT2D eigenvalue weighted by atomic mass is 10.1.